The summed E-state index contributed by atoms with van der Waals surface area (Å²) in [6.45, 7) is 3.66. The van der Waals surface area contributed by atoms with Crippen LogP contribution in [0.2, 0.25) is 0 Å². The number of hydrogen-bond donors (Lipinski definition) is 0. The minimum Gasteiger partial charge on any atom is -0.298 e. The molecule has 0 N–H and O–H groups in total. The van der Waals surface area contributed by atoms with E-state index in [9.17, 15) is 9.18 Å². The highest BCUT2D eigenvalue weighted by atomic mass is 19.1. The van der Waals surface area contributed by atoms with E-state index in [0.717, 1.165) is 11.1 Å². The number of rotatable bonds is 3. The second-order valence-electron chi connectivity index (χ2n) is 3.65. The van der Waals surface area contributed by atoms with Gasteiger partial charge in [0.15, 0.2) is 6.29 Å². The quantitative estimate of drug-likeness (QED) is 0.724. The topological polar surface area (TPSA) is 17.1 Å². The largest absolute Gasteiger partial charge is 0.298 e. The average molecular weight is 226 g/mol. The molecule has 0 saturated carbocycles. The number of aldehydes is 1. The van der Waals surface area contributed by atoms with Gasteiger partial charge in [-0.05, 0) is 17.2 Å². The number of hydrogen-bond acceptors (Lipinski definition) is 1. The molecule has 0 aliphatic carbocycles. The maximum Gasteiger partial charge on any atom is 0.153 e. The lowest BCUT2D eigenvalue weighted by Gasteiger charge is -2.05. The Balaban J connectivity index is 2.52. The average Bonchev–Trinajstić information content (AvgIpc) is 2.39. The van der Waals surface area contributed by atoms with E-state index >= 15 is 0 Å². The van der Waals surface area contributed by atoms with Gasteiger partial charge in [-0.3, -0.25) is 4.79 Å². The lowest BCUT2D eigenvalue weighted by molar-refractivity contribution is 0.112. The Morgan fingerprint density at radius 3 is 2.35 bits per heavy atom. The van der Waals surface area contributed by atoms with Crippen LogP contribution in [0.3, 0.4) is 0 Å². The van der Waals surface area contributed by atoms with Crippen molar-refractivity contribution in [2.75, 3.05) is 0 Å². The van der Waals surface area contributed by atoms with Crippen LogP contribution in [0.4, 0.5) is 4.39 Å². The molecule has 1 nitrogen and oxygen atoms in total. The number of halogens is 1. The molecule has 2 heteroatoms. The fourth-order valence-corrected chi connectivity index (χ4v) is 1.66. The third kappa shape index (κ3) is 2.16. The molecule has 2 aromatic rings. The van der Waals surface area contributed by atoms with Gasteiger partial charge in [0.05, 0.1) is 5.56 Å². The van der Waals surface area contributed by atoms with E-state index in [-0.39, 0.29) is 5.56 Å². The molecule has 0 bridgehead atoms. The van der Waals surface area contributed by atoms with Gasteiger partial charge in [0.2, 0.25) is 0 Å². The molecule has 0 unspecified atom stereocenters. The Morgan fingerprint density at radius 2 is 1.76 bits per heavy atom. The maximum atomic E-state index is 13.9. The lowest BCUT2D eigenvalue weighted by Crippen LogP contribution is -1.91. The molecule has 2 rings (SSSR count). The molecular formula is C15H11FO. The predicted octanol–water partition coefficient (Wildman–Crippen LogP) is 3.95. The molecule has 0 amide bonds. The molecule has 0 aliphatic heterocycles. The summed E-state index contributed by atoms with van der Waals surface area (Å²) < 4.78 is 13.9. The minimum atomic E-state index is -0.478. The summed E-state index contributed by atoms with van der Waals surface area (Å²) in [5.41, 5.74) is 2.23. The molecule has 84 valence electrons. The van der Waals surface area contributed by atoms with E-state index in [1.807, 2.05) is 24.3 Å². The van der Waals surface area contributed by atoms with Gasteiger partial charge in [0.1, 0.15) is 5.82 Å². The van der Waals surface area contributed by atoms with Gasteiger partial charge in [0, 0.05) is 5.56 Å². The molecule has 0 fully saturated rings. The van der Waals surface area contributed by atoms with E-state index in [0.29, 0.717) is 11.8 Å². The smallest absolute Gasteiger partial charge is 0.153 e. The highest BCUT2D eigenvalue weighted by molar-refractivity contribution is 5.79. The van der Waals surface area contributed by atoms with Crippen LogP contribution in [0, 0.1) is 5.82 Å². The number of benzene rings is 2. The van der Waals surface area contributed by atoms with Gasteiger partial charge in [0.25, 0.3) is 0 Å². The maximum absolute atomic E-state index is 13.9. The number of carbonyl (C=O) groups is 1. The summed E-state index contributed by atoms with van der Waals surface area (Å²) in [7, 11) is 0. The highest BCUT2D eigenvalue weighted by Crippen LogP contribution is 2.24. The second kappa shape index (κ2) is 4.74. The molecule has 17 heavy (non-hydrogen) atoms. The second-order valence-corrected chi connectivity index (χ2v) is 3.65. The van der Waals surface area contributed by atoms with Crippen LogP contribution in [0.25, 0.3) is 17.2 Å². The Kier molecular flexibility index (Phi) is 3.15. The molecule has 0 aliphatic rings. The zero-order valence-electron chi connectivity index (χ0n) is 9.19. The van der Waals surface area contributed by atoms with Gasteiger partial charge in [-0.15, -0.1) is 0 Å². The Morgan fingerprint density at radius 1 is 1.06 bits per heavy atom. The van der Waals surface area contributed by atoms with Crippen LogP contribution < -0.4 is 0 Å². The zero-order chi connectivity index (χ0) is 12.3. The third-order valence-electron chi connectivity index (χ3n) is 2.61. The van der Waals surface area contributed by atoms with Crippen LogP contribution in [0.5, 0.6) is 0 Å². The predicted molar refractivity (Wildman–Crippen MR) is 67.3 cm³/mol. The van der Waals surface area contributed by atoms with Gasteiger partial charge in [-0.1, -0.05) is 49.1 Å². The van der Waals surface area contributed by atoms with Gasteiger partial charge < -0.3 is 0 Å². The summed E-state index contributed by atoms with van der Waals surface area (Å²) in [5, 5.41) is 0. The van der Waals surface area contributed by atoms with Crippen LogP contribution in [0.15, 0.2) is 49.0 Å². The molecule has 0 spiro atoms. The highest BCUT2D eigenvalue weighted by Gasteiger charge is 2.08. The first kappa shape index (κ1) is 11.3. The fraction of sp³-hybridized carbons (Fsp3) is 0. The molecule has 2 aromatic carbocycles. The van der Waals surface area contributed by atoms with Crippen molar-refractivity contribution < 1.29 is 9.18 Å². The molecule has 0 atom stereocenters. The lowest BCUT2D eigenvalue weighted by atomic mass is 10.0. The van der Waals surface area contributed by atoms with Crippen molar-refractivity contribution in [3.63, 3.8) is 0 Å². The van der Waals surface area contributed by atoms with E-state index < -0.39 is 5.82 Å². The van der Waals surface area contributed by atoms with Crippen LogP contribution in [-0.4, -0.2) is 6.29 Å². The fourth-order valence-electron chi connectivity index (χ4n) is 1.66. The van der Waals surface area contributed by atoms with Gasteiger partial charge in [-0.2, -0.15) is 0 Å². The Hall–Kier alpha value is -2.22. The van der Waals surface area contributed by atoms with Crippen molar-refractivity contribution in [1.29, 1.82) is 0 Å². The first-order chi connectivity index (χ1) is 8.26. The van der Waals surface area contributed by atoms with E-state index in [4.69, 9.17) is 0 Å². The summed E-state index contributed by atoms with van der Waals surface area (Å²) in [4.78, 5) is 10.7. The molecule has 0 saturated heterocycles. The summed E-state index contributed by atoms with van der Waals surface area (Å²) in [6.07, 6.45) is 2.25. The molecule has 0 heterocycles. The first-order valence-corrected chi connectivity index (χ1v) is 5.23. The standard InChI is InChI=1S/C15H11FO/c1-2-11-6-8-12(9-7-11)14-5-3-4-13(10-17)15(14)16/h2-10H,1H2. The van der Waals surface area contributed by atoms with Crippen molar-refractivity contribution in [3.8, 4) is 11.1 Å². The van der Waals surface area contributed by atoms with E-state index in [1.165, 1.54) is 6.07 Å². The minimum absolute atomic E-state index is 0.0790. The summed E-state index contributed by atoms with van der Waals surface area (Å²) in [5.74, 6) is -0.478. The Bertz CT molecular complexity index is 556. The van der Waals surface area contributed by atoms with E-state index in [1.54, 1.807) is 18.2 Å². The zero-order valence-corrected chi connectivity index (χ0v) is 9.19. The number of carbonyl (C=O) groups excluding carboxylic acids is 1. The van der Waals surface area contributed by atoms with Crippen molar-refractivity contribution in [1.82, 2.24) is 0 Å². The summed E-state index contributed by atoms with van der Waals surface area (Å²) in [6, 6.07) is 12.1. The molecule has 0 radical (unpaired) electrons. The van der Waals surface area contributed by atoms with Crippen LogP contribution in [0.1, 0.15) is 15.9 Å². The van der Waals surface area contributed by atoms with Crippen molar-refractivity contribution in [2.24, 2.45) is 0 Å². The van der Waals surface area contributed by atoms with Crippen LogP contribution in [-0.2, 0) is 0 Å². The normalized spacial score (nSPS) is 9.94. The Labute approximate surface area is 99.2 Å². The van der Waals surface area contributed by atoms with Gasteiger partial charge >= 0.3 is 0 Å². The van der Waals surface area contributed by atoms with E-state index in [2.05, 4.69) is 6.58 Å². The van der Waals surface area contributed by atoms with Crippen molar-refractivity contribution in [3.05, 3.63) is 66.0 Å². The molecular weight excluding hydrogens is 215 g/mol. The third-order valence-corrected chi connectivity index (χ3v) is 2.61. The SMILES string of the molecule is C=Cc1ccc(-c2cccc(C=O)c2F)cc1. The monoisotopic (exact) mass is 226 g/mol. The van der Waals surface area contributed by atoms with Gasteiger partial charge in [-0.25, -0.2) is 4.39 Å². The molecule has 0 aromatic heterocycles. The first-order valence-electron chi connectivity index (χ1n) is 5.23. The van der Waals surface area contributed by atoms with Crippen molar-refractivity contribution >= 4 is 12.4 Å². The van der Waals surface area contributed by atoms with Crippen molar-refractivity contribution in [2.45, 2.75) is 0 Å². The summed E-state index contributed by atoms with van der Waals surface area (Å²) >= 11 is 0. The van der Waals surface area contributed by atoms with Crippen LogP contribution >= 0.6 is 0 Å².